The molecule has 0 spiro atoms. The van der Waals surface area contributed by atoms with Gasteiger partial charge in [-0.05, 0) is 182 Å². The van der Waals surface area contributed by atoms with Crippen LogP contribution in [0.25, 0.3) is 97.3 Å². The van der Waals surface area contributed by atoms with Gasteiger partial charge in [0.2, 0.25) is 0 Å². The lowest BCUT2D eigenvalue weighted by Crippen LogP contribution is -2.13. The maximum absolute atomic E-state index is 7.00. The monoisotopic (exact) mass is 1640 g/mol. The Labute approximate surface area is 724 Å². The van der Waals surface area contributed by atoms with Crippen LogP contribution in [0.2, 0.25) is 0 Å². The first kappa shape index (κ1) is 89.4. The van der Waals surface area contributed by atoms with Gasteiger partial charge in [-0.25, -0.2) is 0 Å². The smallest absolute Gasteiger partial charge is 0.134 e. The number of benzene rings is 19. The summed E-state index contributed by atoms with van der Waals surface area (Å²) in [4.78, 5) is 0. The van der Waals surface area contributed by atoms with Crippen molar-refractivity contribution >= 4 is 86.2 Å². The molecule has 0 atom stereocenters. The van der Waals surface area contributed by atoms with Gasteiger partial charge in [0.05, 0.1) is 0 Å². The molecule has 23 rings (SSSR count). The van der Waals surface area contributed by atoms with Gasteiger partial charge in [-0.1, -0.05) is 315 Å². The quantitative estimate of drug-likeness (QED) is 0.0834. The molecule has 19 aromatic rings. The average Bonchev–Trinajstić information content (AvgIpc) is 0.755. The van der Waals surface area contributed by atoms with E-state index in [1.54, 1.807) is 0 Å². The highest BCUT2D eigenvalue weighted by molar-refractivity contribution is 6.00. The van der Waals surface area contributed by atoms with Crippen molar-refractivity contribution in [1.29, 1.82) is 0 Å². The first-order valence-electron chi connectivity index (χ1n) is 41.0. The highest BCUT2D eigenvalue weighted by atomic mass is 16.5. The number of ether oxygens (including phenoxy) is 4. The van der Waals surface area contributed by atoms with Crippen molar-refractivity contribution in [2.24, 2.45) is 0 Å². The Balaban J connectivity index is 0.000000144. The summed E-state index contributed by atoms with van der Waals surface area (Å²) in [5, 5.41) is 76.3. The number of hydrogen-bond donors (Lipinski definition) is 8. The normalized spacial score (nSPS) is 11.6. The average molecular weight is 1640 g/mol. The van der Waals surface area contributed by atoms with Crippen LogP contribution in [0, 0.1) is 13.8 Å². The fraction of sp³-hybridized carbons (Fsp3) is 0.125. The molecule has 4 heterocycles. The summed E-state index contributed by atoms with van der Waals surface area (Å²) in [7, 11) is 8.00. The standard InChI is InChI=1S/C33H22O.C27H18O.C23H18O.C21H14O.8CH4O/c1-2-8-22(9-3-1)23-14-16-26(17-15-23)31-32-27-12-6-4-10-24(27)18-20-29(32)34-30-21-19-25-11-5-7-13-28(25)33(30)31;1-2-10-20(11-3-1)25-26-21-12-6-4-8-18(21)14-16-23(26)28-24-17-15-19-9-5-7-13-22(19)27(24)25;1-14-11-16-7-3-5-9-18(16)20-13-21-19-10-6-4-8-17(19)12-15(2)23(21)24-22(14)20;1-3-7-16-14(5-1)9-11-20-18(16)13-19-17-8-4-2-6-15(17)10-12-21(19)22-20;8*1-2/h1-21,31H;1-17,25H;3-12H,13H2,1-2H3;1-12H,13H2;8*2H,1H3. The molecule has 19 aromatic carbocycles. The third-order valence-corrected chi connectivity index (χ3v) is 22.5. The van der Waals surface area contributed by atoms with E-state index in [0.717, 1.165) is 116 Å². The Morgan fingerprint density at radius 3 is 0.742 bits per heavy atom. The van der Waals surface area contributed by atoms with Crippen molar-refractivity contribution in [2.45, 2.75) is 38.5 Å². The fourth-order valence-corrected chi connectivity index (χ4v) is 17.5. The van der Waals surface area contributed by atoms with Gasteiger partial charge >= 0.3 is 0 Å². The number of fused-ring (bicyclic) bond motifs is 24. The predicted molar refractivity (Wildman–Crippen MR) is 512 cm³/mol. The summed E-state index contributed by atoms with van der Waals surface area (Å²) in [6.07, 6.45) is 1.85. The molecule has 0 saturated heterocycles. The molecule has 624 valence electrons. The first-order chi connectivity index (χ1) is 61.4. The molecule has 12 nitrogen and oxygen atoms in total. The minimum atomic E-state index is 0.0840. The molecule has 0 aliphatic carbocycles. The van der Waals surface area contributed by atoms with Crippen LogP contribution in [0.1, 0.15) is 78.6 Å². The number of hydrogen-bond acceptors (Lipinski definition) is 12. The van der Waals surface area contributed by atoms with Crippen LogP contribution < -0.4 is 18.9 Å². The second kappa shape index (κ2) is 43.1. The van der Waals surface area contributed by atoms with Crippen LogP contribution in [0.4, 0.5) is 0 Å². The third-order valence-electron chi connectivity index (χ3n) is 22.5. The van der Waals surface area contributed by atoms with E-state index >= 15 is 0 Å². The second-order valence-corrected chi connectivity index (χ2v) is 28.8. The summed E-state index contributed by atoms with van der Waals surface area (Å²) in [6.45, 7) is 4.29. The molecule has 0 saturated carbocycles. The Bertz CT molecular complexity index is 6470. The van der Waals surface area contributed by atoms with Crippen molar-refractivity contribution in [3.8, 4) is 57.1 Å². The van der Waals surface area contributed by atoms with Crippen LogP contribution in [-0.2, 0) is 12.8 Å². The van der Waals surface area contributed by atoms with Crippen molar-refractivity contribution in [2.75, 3.05) is 56.9 Å². The highest BCUT2D eigenvalue weighted by Crippen LogP contribution is 2.55. The zero-order valence-electron chi connectivity index (χ0n) is 71.4. The molecular weight excluding hydrogens is 1540 g/mol. The van der Waals surface area contributed by atoms with Crippen molar-refractivity contribution in [3.63, 3.8) is 0 Å². The zero-order chi connectivity index (χ0) is 87.8. The summed E-state index contributed by atoms with van der Waals surface area (Å²) >= 11 is 0. The van der Waals surface area contributed by atoms with Crippen LogP contribution >= 0.6 is 0 Å². The van der Waals surface area contributed by atoms with Gasteiger partial charge in [-0.15, -0.1) is 0 Å². The zero-order valence-corrected chi connectivity index (χ0v) is 71.4. The van der Waals surface area contributed by atoms with E-state index in [9.17, 15) is 0 Å². The molecule has 0 bridgehead atoms. The highest BCUT2D eigenvalue weighted by Gasteiger charge is 2.35. The van der Waals surface area contributed by atoms with Gasteiger partial charge in [0.15, 0.2) is 0 Å². The number of aliphatic hydroxyl groups is 8. The van der Waals surface area contributed by atoms with Crippen molar-refractivity contribution in [3.05, 3.63) is 431 Å². The molecule has 4 aliphatic rings. The Morgan fingerprint density at radius 2 is 0.419 bits per heavy atom. The largest absolute Gasteiger partial charge is 0.457 e. The molecule has 0 amide bonds. The van der Waals surface area contributed by atoms with Crippen LogP contribution in [0.3, 0.4) is 0 Å². The van der Waals surface area contributed by atoms with E-state index in [0.29, 0.717) is 0 Å². The lowest BCUT2D eigenvalue weighted by Gasteiger charge is -2.31. The summed E-state index contributed by atoms with van der Waals surface area (Å²) in [5.74, 6) is 8.07. The first-order valence-corrected chi connectivity index (χ1v) is 41.0. The maximum atomic E-state index is 7.00. The SMILES string of the molecule is CO.CO.CO.CO.CO.CO.CO.CO.Cc1cc2ccccc2c2c1Oc1c(C)cc3ccccc3c1C2.c1ccc(-c2ccc(C3c4c(ccc5ccccc45)Oc4ccc5ccccc5c43)cc2)cc1.c1ccc(C2c3c(ccc4ccccc34)Oc3ccc4ccccc4c32)cc1.c1ccc2c3c(ccc2c1)Oc1ccc2ccccc2c1C3. The van der Waals surface area contributed by atoms with E-state index in [2.05, 4.69) is 378 Å². The van der Waals surface area contributed by atoms with Crippen LogP contribution in [0.5, 0.6) is 46.0 Å². The van der Waals surface area contributed by atoms with Gasteiger partial charge in [-0.2, -0.15) is 0 Å². The Hall–Kier alpha value is -13.9. The lowest BCUT2D eigenvalue weighted by molar-refractivity contribution is 0.399. The van der Waals surface area contributed by atoms with E-state index in [1.807, 2.05) is 0 Å². The maximum Gasteiger partial charge on any atom is 0.134 e. The van der Waals surface area contributed by atoms with Crippen molar-refractivity contribution in [1.82, 2.24) is 0 Å². The van der Waals surface area contributed by atoms with Crippen LogP contribution in [0.15, 0.2) is 364 Å². The molecule has 4 aliphatic heterocycles. The van der Waals surface area contributed by atoms with E-state index in [1.165, 1.54) is 164 Å². The summed E-state index contributed by atoms with van der Waals surface area (Å²) in [6, 6.07) is 129. The third kappa shape index (κ3) is 18.1. The van der Waals surface area contributed by atoms with Crippen LogP contribution in [-0.4, -0.2) is 97.7 Å². The van der Waals surface area contributed by atoms with E-state index < -0.39 is 0 Å². The Kier molecular flexibility index (Phi) is 31.1. The minimum absolute atomic E-state index is 0.0840. The second-order valence-electron chi connectivity index (χ2n) is 28.8. The number of aliphatic hydroxyl groups excluding tert-OH is 8. The van der Waals surface area contributed by atoms with Gasteiger partial charge in [0.1, 0.15) is 46.0 Å². The van der Waals surface area contributed by atoms with Gasteiger partial charge < -0.3 is 59.8 Å². The molecule has 0 unspecified atom stereocenters. The van der Waals surface area contributed by atoms with E-state index in [4.69, 9.17) is 59.8 Å². The molecular formula is C112H104O12. The fourth-order valence-electron chi connectivity index (χ4n) is 17.5. The minimum Gasteiger partial charge on any atom is -0.457 e. The topological polar surface area (TPSA) is 199 Å². The molecule has 0 aromatic heterocycles. The van der Waals surface area contributed by atoms with Gasteiger partial charge in [0.25, 0.3) is 0 Å². The summed E-state index contributed by atoms with van der Waals surface area (Å²) in [5.41, 5.74) is 17.7. The van der Waals surface area contributed by atoms with E-state index in [-0.39, 0.29) is 11.8 Å². The molecule has 8 N–H and O–H groups in total. The Morgan fingerprint density at radius 1 is 0.194 bits per heavy atom. The van der Waals surface area contributed by atoms with Crippen molar-refractivity contribution < 1.29 is 59.8 Å². The van der Waals surface area contributed by atoms with Gasteiger partial charge in [0, 0.05) is 126 Å². The molecule has 0 fully saturated rings. The lowest BCUT2D eigenvalue weighted by atomic mass is 9.78. The predicted octanol–water partition coefficient (Wildman–Crippen LogP) is 25.1. The number of aryl methyl sites for hydroxylation is 2. The number of rotatable bonds is 3. The summed E-state index contributed by atoms with van der Waals surface area (Å²) < 4.78 is 25.6. The van der Waals surface area contributed by atoms with Gasteiger partial charge in [-0.3, -0.25) is 0 Å². The molecule has 12 heteroatoms. The molecule has 124 heavy (non-hydrogen) atoms. The molecule has 0 radical (unpaired) electrons.